The second-order valence-electron chi connectivity index (χ2n) is 5.19. The molecular formula is C13H24N2O2S. The molecule has 0 aliphatic carbocycles. The maximum atomic E-state index is 11.5. The molecule has 0 saturated carbocycles. The predicted octanol–water partition coefficient (Wildman–Crippen LogP) is 1.07. The molecule has 2 aliphatic heterocycles. The first-order valence-electron chi connectivity index (χ1n) is 7.01. The van der Waals surface area contributed by atoms with Crippen LogP contribution in [0.1, 0.15) is 32.1 Å². The molecule has 1 N–H and O–H groups in total. The predicted molar refractivity (Wildman–Crippen MR) is 75.0 cm³/mol. The Morgan fingerprint density at radius 3 is 2.50 bits per heavy atom. The second kappa shape index (κ2) is 7.36. The lowest BCUT2D eigenvalue weighted by Crippen LogP contribution is -2.49. The second-order valence-corrected chi connectivity index (χ2v) is 5.64. The molecule has 0 aromatic rings. The Labute approximate surface area is 115 Å². The minimum absolute atomic E-state index is 0.148. The molecule has 0 unspecified atom stereocenters. The van der Waals surface area contributed by atoms with E-state index in [1.807, 2.05) is 0 Å². The number of amides is 1. The number of carbonyl (C=O) groups is 1. The first-order chi connectivity index (χ1) is 8.79. The van der Waals surface area contributed by atoms with Crippen molar-refractivity contribution < 1.29 is 9.53 Å². The fourth-order valence-corrected chi connectivity index (χ4v) is 3.06. The van der Waals surface area contributed by atoms with Crippen molar-refractivity contribution in [2.24, 2.45) is 0 Å². The van der Waals surface area contributed by atoms with Crippen molar-refractivity contribution in [3.63, 3.8) is 0 Å². The van der Waals surface area contributed by atoms with Gasteiger partial charge in [-0.1, -0.05) is 0 Å². The lowest BCUT2D eigenvalue weighted by Gasteiger charge is -2.39. The van der Waals surface area contributed by atoms with E-state index in [4.69, 9.17) is 4.74 Å². The number of ether oxygens (including phenoxy) is 1. The first kappa shape index (κ1) is 14.2. The third kappa shape index (κ3) is 4.14. The summed E-state index contributed by atoms with van der Waals surface area (Å²) >= 11 is 4.08. The molecule has 2 fully saturated rings. The zero-order valence-corrected chi connectivity index (χ0v) is 11.8. The van der Waals surface area contributed by atoms with Crippen LogP contribution in [0.15, 0.2) is 0 Å². The van der Waals surface area contributed by atoms with Crippen LogP contribution in [-0.2, 0) is 9.53 Å². The summed E-state index contributed by atoms with van der Waals surface area (Å²) in [5.74, 6) is 0.779. The van der Waals surface area contributed by atoms with Crippen LogP contribution in [0.2, 0.25) is 0 Å². The van der Waals surface area contributed by atoms with E-state index < -0.39 is 0 Å². The van der Waals surface area contributed by atoms with E-state index in [2.05, 4.69) is 22.8 Å². The van der Waals surface area contributed by atoms with Crippen molar-refractivity contribution in [1.29, 1.82) is 0 Å². The Bertz CT molecular complexity index is 262. The van der Waals surface area contributed by atoms with Crippen molar-refractivity contribution in [2.45, 2.75) is 44.2 Å². The van der Waals surface area contributed by atoms with E-state index >= 15 is 0 Å². The highest BCUT2D eigenvalue weighted by molar-refractivity contribution is 7.80. The Morgan fingerprint density at radius 2 is 1.89 bits per heavy atom. The average molecular weight is 272 g/mol. The highest BCUT2D eigenvalue weighted by Crippen LogP contribution is 2.19. The maximum Gasteiger partial charge on any atom is 0.221 e. The number of hydrogen-bond donors (Lipinski definition) is 2. The van der Waals surface area contributed by atoms with E-state index in [1.165, 1.54) is 0 Å². The zero-order chi connectivity index (χ0) is 12.8. The number of nitrogens with zero attached hydrogens (tertiary/aromatic N) is 1. The van der Waals surface area contributed by atoms with Crippen LogP contribution in [0.3, 0.4) is 0 Å². The van der Waals surface area contributed by atoms with Gasteiger partial charge in [-0.2, -0.15) is 12.6 Å². The van der Waals surface area contributed by atoms with E-state index in [-0.39, 0.29) is 5.91 Å². The number of piperidine rings is 1. The van der Waals surface area contributed by atoms with Crippen molar-refractivity contribution in [1.82, 2.24) is 10.2 Å². The third-order valence-electron chi connectivity index (χ3n) is 3.94. The first-order valence-corrected chi connectivity index (χ1v) is 7.65. The monoisotopic (exact) mass is 272 g/mol. The fraction of sp³-hybridized carbons (Fsp3) is 0.923. The van der Waals surface area contributed by atoms with Crippen molar-refractivity contribution in [3.8, 4) is 0 Å². The summed E-state index contributed by atoms with van der Waals surface area (Å²) in [6, 6.07) is 1.07. The third-order valence-corrected chi connectivity index (χ3v) is 4.16. The van der Waals surface area contributed by atoms with Gasteiger partial charge in [0, 0.05) is 44.8 Å². The maximum absolute atomic E-state index is 11.5. The molecule has 4 nitrogen and oxygen atoms in total. The van der Waals surface area contributed by atoms with Crippen LogP contribution in [0, 0.1) is 0 Å². The van der Waals surface area contributed by atoms with Gasteiger partial charge >= 0.3 is 0 Å². The number of hydrogen-bond acceptors (Lipinski definition) is 4. The standard InChI is InChI=1S/C13H24N2O2S/c16-13(5-10-18)14-11-1-6-15(7-2-11)12-3-8-17-9-4-12/h11-12,18H,1-10H2,(H,14,16). The summed E-state index contributed by atoms with van der Waals surface area (Å²) < 4.78 is 5.40. The van der Waals surface area contributed by atoms with E-state index in [0.29, 0.717) is 24.3 Å². The smallest absolute Gasteiger partial charge is 0.221 e. The molecule has 0 radical (unpaired) electrons. The van der Waals surface area contributed by atoms with Crippen LogP contribution in [0.4, 0.5) is 0 Å². The van der Waals surface area contributed by atoms with E-state index in [9.17, 15) is 4.79 Å². The van der Waals surface area contributed by atoms with Crippen LogP contribution in [-0.4, -0.2) is 54.9 Å². The number of likely N-dealkylation sites (tertiary alicyclic amines) is 1. The summed E-state index contributed by atoms with van der Waals surface area (Å²) in [4.78, 5) is 14.1. The number of thiol groups is 1. The summed E-state index contributed by atoms with van der Waals surface area (Å²) in [6.07, 6.45) is 5.02. The van der Waals surface area contributed by atoms with Crippen molar-refractivity contribution >= 4 is 18.5 Å². The minimum Gasteiger partial charge on any atom is -0.381 e. The number of nitrogens with one attached hydrogen (secondary N) is 1. The molecule has 104 valence electrons. The average Bonchev–Trinajstić information content (AvgIpc) is 2.41. The quantitative estimate of drug-likeness (QED) is 0.752. The fourth-order valence-electron chi connectivity index (χ4n) is 2.86. The lowest BCUT2D eigenvalue weighted by atomic mass is 9.99. The van der Waals surface area contributed by atoms with Gasteiger partial charge in [-0.25, -0.2) is 0 Å². The molecule has 0 atom stereocenters. The molecule has 2 aliphatic rings. The topological polar surface area (TPSA) is 41.6 Å². The Morgan fingerprint density at radius 1 is 1.22 bits per heavy atom. The Kier molecular flexibility index (Phi) is 5.79. The van der Waals surface area contributed by atoms with Crippen LogP contribution in [0.5, 0.6) is 0 Å². The van der Waals surface area contributed by atoms with E-state index in [1.54, 1.807) is 0 Å². The van der Waals surface area contributed by atoms with Gasteiger partial charge in [0.25, 0.3) is 0 Å². The Balaban J connectivity index is 1.69. The molecule has 1 amide bonds. The van der Waals surface area contributed by atoms with Gasteiger partial charge in [-0.15, -0.1) is 0 Å². The minimum atomic E-state index is 0.148. The summed E-state index contributed by atoms with van der Waals surface area (Å²) in [5, 5.41) is 3.10. The van der Waals surface area contributed by atoms with Crippen molar-refractivity contribution in [3.05, 3.63) is 0 Å². The molecule has 0 aromatic carbocycles. The molecule has 0 aromatic heterocycles. The molecule has 0 spiro atoms. The van der Waals surface area contributed by atoms with Gasteiger partial charge in [-0.05, 0) is 31.4 Å². The van der Waals surface area contributed by atoms with Gasteiger partial charge in [0.1, 0.15) is 0 Å². The Hall–Kier alpha value is -0.260. The summed E-state index contributed by atoms with van der Waals surface area (Å²) in [7, 11) is 0. The lowest BCUT2D eigenvalue weighted by molar-refractivity contribution is -0.121. The molecule has 2 saturated heterocycles. The number of carbonyl (C=O) groups excluding carboxylic acids is 1. The summed E-state index contributed by atoms with van der Waals surface area (Å²) in [6.45, 7) is 4.03. The molecule has 5 heteroatoms. The zero-order valence-electron chi connectivity index (χ0n) is 10.9. The largest absolute Gasteiger partial charge is 0.381 e. The normalized spacial score (nSPS) is 24.1. The summed E-state index contributed by atoms with van der Waals surface area (Å²) in [5.41, 5.74) is 0. The molecule has 2 heterocycles. The van der Waals surface area contributed by atoms with Gasteiger partial charge in [0.2, 0.25) is 5.91 Å². The van der Waals surface area contributed by atoms with Gasteiger partial charge in [-0.3, -0.25) is 4.79 Å². The van der Waals surface area contributed by atoms with Gasteiger partial charge < -0.3 is 15.0 Å². The molecule has 18 heavy (non-hydrogen) atoms. The van der Waals surface area contributed by atoms with Crippen molar-refractivity contribution in [2.75, 3.05) is 32.1 Å². The van der Waals surface area contributed by atoms with Crippen LogP contribution >= 0.6 is 12.6 Å². The van der Waals surface area contributed by atoms with Crippen LogP contribution < -0.4 is 5.32 Å². The number of rotatable bonds is 4. The van der Waals surface area contributed by atoms with Gasteiger partial charge in [0.15, 0.2) is 0 Å². The van der Waals surface area contributed by atoms with Gasteiger partial charge in [0.05, 0.1) is 0 Å². The highest BCUT2D eigenvalue weighted by Gasteiger charge is 2.26. The molecular weight excluding hydrogens is 248 g/mol. The molecule has 2 rings (SSSR count). The van der Waals surface area contributed by atoms with Crippen LogP contribution in [0.25, 0.3) is 0 Å². The highest BCUT2D eigenvalue weighted by atomic mass is 32.1. The molecule has 0 bridgehead atoms. The van der Waals surface area contributed by atoms with E-state index in [0.717, 1.165) is 52.0 Å². The SMILES string of the molecule is O=C(CCS)NC1CCN(C2CCOCC2)CC1.